The maximum Gasteiger partial charge on any atom is 0.336 e. The van der Waals surface area contributed by atoms with Gasteiger partial charge in [0.2, 0.25) is 0 Å². The van der Waals surface area contributed by atoms with Gasteiger partial charge in [0, 0.05) is 29.3 Å². The van der Waals surface area contributed by atoms with E-state index in [1.807, 2.05) is 19.1 Å². The first-order chi connectivity index (χ1) is 12.1. The van der Waals surface area contributed by atoms with Crippen LogP contribution < -0.4 is 5.32 Å². The van der Waals surface area contributed by atoms with E-state index in [2.05, 4.69) is 24.4 Å². The van der Waals surface area contributed by atoms with E-state index in [0.29, 0.717) is 18.6 Å². The second-order valence-corrected chi connectivity index (χ2v) is 6.58. The van der Waals surface area contributed by atoms with E-state index in [0.717, 1.165) is 41.8 Å². The third kappa shape index (κ3) is 3.26. The fourth-order valence-corrected chi connectivity index (χ4v) is 3.74. The standard InChI is InChI=1S/C21H25NO3/c1-4-14-9-11-15(12-10-14)19-18(21(24)25-5-2)13(3)22-16-7-6-8-17(23)20(16)19/h9-12,19,22H,4-8H2,1-3H3/t19-/m0/s1. The van der Waals surface area contributed by atoms with E-state index < -0.39 is 0 Å². The van der Waals surface area contributed by atoms with E-state index in [1.54, 1.807) is 6.92 Å². The Balaban J connectivity index is 2.13. The number of benzene rings is 1. The largest absolute Gasteiger partial charge is 0.463 e. The Morgan fingerprint density at radius 3 is 2.56 bits per heavy atom. The van der Waals surface area contributed by atoms with Crippen LogP contribution in [-0.4, -0.2) is 18.4 Å². The van der Waals surface area contributed by atoms with Gasteiger partial charge in [-0.2, -0.15) is 0 Å². The molecule has 0 radical (unpaired) electrons. The predicted molar refractivity (Wildman–Crippen MR) is 96.9 cm³/mol. The van der Waals surface area contributed by atoms with Gasteiger partial charge in [-0.05, 0) is 44.2 Å². The third-order valence-corrected chi connectivity index (χ3v) is 4.99. The molecule has 1 N–H and O–H groups in total. The number of Topliss-reactive ketones (excluding diaryl/α,β-unsaturated/α-hetero) is 1. The van der Waals surface area contributed by atoms with Gasteiger partial charge < -0.3 is 10.1 Å². The molecular formula is C21H25NO3. The molecule has 0 spiro atoms. The maximum absolute atomic E-state index is 12.7. The number of aryl methyl sites for hydroxylation is 1. The molecule has 0 saturated heterocycles. The van der Waals surface area contributed by atoms with Gasteiger partial charge >= 0.3 is 5.97 Å². The van der Waals surface area contributed by atoms with Crippen LogP contribution in [0.2, 0.25) is 0 Å². The summed E-state index contributed by atoms with van der Waals surface area (Å²) in [5.74, 6) is -0.552. The summed E-state index contributed by atoms with van der Waals surface area (Å²) in [5, 5.41) is 3.30. The molecule has 0 amide bonds. The van der Waals surface area contributed by atoms with Crippen LogP contribution in [0.3, 0.4) is 0 Å². The van der Waals surface area contributed by atoms with Crippen LogP contribution in [0.4, 0.5) is 0 Å². The number of hydrogen-bond donors (Lipinski definition) is 1. The van der Waals surface area contributed by atoms with Crippen molar-refractivity contribution in [3.05, 3.63) is 57.9 Å². The van der Waals surface area contributed by atoms with Crippen molar-refractivity contribution in [2.24, 2.45) is 0 Å². The van der Waals surface area contributed by atoms with Crippen molar-refractivity contribution in [1.29, 1.82) is 0 Å². The van der Waals surface area contributed by atoms with Gasteiger partial charge in [-0.25, -0.2) is 4.79 Å². The minimum Gasteiger partial charge on any atom is -0.463 e. The van der Waals surface area contributed by atoms with E-state index in [4.69, 9.17) is 4.74 Å². The molecule has 1 aliphatic carbocycles. The number of rotatable bonds is 4. The molecule has 1 aromatic rings. The van der Waals surface area contributed by atoms with Gasteiger partial charge in [0.05, 0.1) is 12.2 Å². The van der Waals surface area contributed by atoms with Gasteiger partial charge in [-0.3, -0.25) is 4.79 Å². The van der Waals surface area contributed by atoms with E-state index in [1.165, 1.54) is 5.56 Å². The lowest BCUT2D eigenvalue weighted by Crippen LogP contribution is -2.34. The summed E-state index contributed by atoms with van der Waals surface area (Å²) in [6, 6.07) is 8.22. The van der Waals surface area contributed by atoms with Crippen molar-refractivity contribution in [2.75, 3.05) is 6.61 Å². The van der Waals surface area contributed by atoms with Crippen LogP contribution in [0, 0.1) is 0 Å². The monoisotopic (exact) mass is 339 g/mol. The van der Waals surface area contributed by atoms with Gasteiger partial charge in [0.1, 0.15) is 0 Å². The number of hydrogen-bond acceptors (Lipinski definition) is 4. The van der Waals surface area contributed by atoms with Crippen LogP contribution in [0.1, 0.15) is 57.1 Å². The van der Waals surface area contributed by atoms with Crippen molar-refractivity contribution in [2.45, 2.75) is 52.4 Å². The number of nitrogens with one attached hydrogen (secondary N) is 1. The molecule has 0 aromatic heterocycles. The fourth-order valence-electron chi connectivity index (χ4n) is 3.74. The van der Waals surface area contributed by atoms with Crippen LogP contribution in [-0.2, 0) is 20.7 Å². The number of esters is 1. The van der Waals surface area contributed by atoms with Crippen LogP contribution in [0.25, 0.3) is 0 Å². The average Bonchev–Trinajstić information content (AvgIpc) is 2.61. The molecule has 0 saturated carbocycles. The highest BCUT2D eigenvalue weighted by molar-refractivity contribution is 6.03. The Morgan fingerprint density at radius 2 is 1.92 bits per heavy atom. The van der Waals surface area contributed by atoms with Crippen molar-refractivity contribution >= 4 is 11.8 Å². The molecule has 3 rings (SSSR count). The Hall–Kier alpha value is -2.36. The molecule has 0 fully saturated rings. The van der Waals surface area contributed by atoms with Crippen molar-refractivity contribution in [1.82, 2.24) is 5.32 Å². The Kier molecular flexibility index (Phi) is 5.07. The molecule has 1 aromatic carbocycles. The van der Waals surface area contributed by atoms with Gasteiger partial charge in [0.15, 0.2) is 5.78 Å². The van der Waals surface area contributed by atoms with Gasteiger partial charge in [0.25, 0.3) is 0 Å². The predicted octanol–water partition coefficient (Wildman–Crippen LogP) is 3.78. The smallest absolute Gasteiger partial charge is 0.336 e. The lowest BCUT2D eigenvalue weighted by molar-refractivity contribution is -0.138. The maximum atomic E-state index is 12.7. The molecule has 1 atom stereocenters. The Bertz CT molecular complexity index is 756. The molecule has 1 heterocycles. The van der Waals surface area contributed by atoms with E-state index in [9.17, 15) is 9.59 Å². The number of dihydropyridines is 1. The minimum atomic E-state index is -0.345. The number of carbonyl (C=O) groups excluding carboxylic acids is 2. The zero-order valence-corrected chi connectivity index (χ0v) is 15.1. The summed E-state index contributed by atoms with van der Waals surface area (Å²) < 4.78 is 5.29. The average molecular weight is 339 g/mol. The van der Waals surface area contributed by atoms with E-state index >= 15 is 0 Å². The SMILES string of the molecule is CCOC(=O)C1=C(C)NC2=C(C(=O)CCC2)[C@H]1c1ccc(CC)cc1. The zero-order valence-electron chi connectivity index (χ0n) is 15.1. The molecule has 25 heavy (non-hydrogen) atoms. The van der Waals surface area contributed by atoms with Gasteiger partial charge in [-0.1, -0.05) is 31.2 Å². The highest BCUT2D eigenvalue weighted by atomic mass is 16.5. The number of ether oxygens (including phenoxy) is 1. The zero-order chi connectivity index (χ0) is 18.0. The Morgan fingerprint density at radius 1 is 1.20 bits per heavy atom. The molecule has 0 bridgehead atoms. The van der Waals surface area contributed by atoms with Crippen LogP contribution in [0.15, 0.2) is 46.8 Å². The van der Waals surface area contributed by atoms with Crippen molar-refractivity contribution in [3.63, 3.8) is 0 Å². The summed E-state index contributed by atoms with van der Waals surface area (Å²) in [4.78, 5) is 25.3. The number of ketones is 1. The third-order valence-electron chi connectivity index (χ3n) is 4.99. The first-order valence-corrected chi connectivity index (χ1v) is 9.06. The second kappa shape index (κ2) is 7.26. The molecule has 4 nitrogen and oxygen atoms in total. The highest BCUT2D eigenvalue weighted by Crippen LogP contribution is 2.42. The normalized spacial score (nSPS) is 20.3. The summed E-state index contributed by atoms with van der Waals surface area (Å²) in [7, 11) is 0. The fraction of sp³-hybridized carbons (Fsp3) is 0.429. The minimum absolute atomic E-state index is 0.132. The van der Waals surface area contributed by atoms with E-state index in [-0.39, 0.29) is 17.7 Å². The highest BCUT2D eigenvalue weighted by Gasteiger charge is 2.38. The van der Waals surface area contributed by atoms with Crippen molar-refractivity contribution in [3.8, 4) is 0 Å². The van der Waals surface area contributed by atoms with Crippen LogP contribution in [0.5, 0.6) is 0 Å². The van der Waals surface area contributed by atoms with Crippen LogP contribution >= 0.6 is 0 Å². The Labute approximate surface area is 149 Å². The second-order valence-electron chi connectivity index (χ2n) is 6.58. The number of allylic oxidation sites excluding steroid dienone is 3. The summed E-state index contributed by atoms with van der Waals surface area (Å²) in [6.45, 7) is 6.12. The van der Waals surface area contributed by atoms with Gasteiger partial charge in [-0.15, -0.1) is 0 Å². The molecule has 1 aliphatic heterocycles. The summed E-state index contributed by atoms with van der Waals surface area (Å²) >= 11 is 0. The molecular weight excluding hydrogens is 314 g/mol. The quantitative estimate of drug-likeness (QED) is 0.848. The molecule has 2 aliphatic rings. The summed E-state index contributed by atoms with van der Waals surface area (Å²) in [6.07, 6.45) is 3.20. The first kappa shape index (κ1) is 17.5. The number of carbonyl (C=O) groups is 2. The lowest BCUT2D eigenvalue weighted by Gasteiger charge is -2.34. The molecule has 0 unspecified atom stereocenters. The topological polar surface area (TPSA) is 55.4 Å². The lowest BCUT2D eigenvalue weighted by atomic mass is 9.75. The first-order valence-electron chi connectivity index (χ1n) is 9.06. The molecule has 132 valence electrons. The summed E-state index contributed by atoms with van der Waals surface area (Å²) in [5.41, 5.74) is 5.26. The van der Waals surface area contributed by atoms with Crippen molar-refractivity contribution < 1.29 is 14.3 Å². The molecule has 4 heteroatoms.